The zero-order chi connectivity index (χ0) is 19.4. The van der Waals surface area contributed by atoms with Gasteiger partial charge in [-0.3, -0.25) is 9.59 Å². The van der Waals surface area contributed by atoms with Crippen LogP contribution in [0.3, 0.4) is 0 Å². The molecule has 7 heteroatoms. The number of aryl methyl sites for hydroxylation is 1. The fourth-order valence-electron chi connectivity index (χ4n) is 2.36. The van der Waals surface area contributed by atoms with Crippen molar-refractivity contribution in [1.82, 2.24) is 5.32 Å². The van der Waals surface area contributed by atoms with Crippen molar-refractivity contribution >= 4 is 50.7 Å². The molecule has 2 amide bonds. The third kappa shape index (κ3) is 5.30. The van der Waals surface area contributed by atoms with Gasteiger partial charge in [0, 0.05) is 17.0 Å². The van der Waals surface area contributed by atoms with E-state index in [1.165, 1.54) is 12.5 Å². The van der Waals surface area contributed by atoms with E-state index in [1.54, 1.807) is 6.08 Å². The fourth-order valence-corrected chi connectivity index (χ4v) is 3.59. The first-order valence-corrected chi connectivity index (χ1v) is 9.80. The second-order valence-electron chi connectivity index (χ2n) is 5.97. The number of thioether (sulfide) groups is 1. The molecule has 3 rings (SSSR count). The Bertz CT molecular complexity index is 952. The van der Waals surface area contributed by atoms with Gasteiger partial charge in [-0.15, -0.1) is 0 Å². The van der Waals surface area contributed by atoms with Crippen molar-refractivity contribution in [3.05, 3.63) is 68.5 Å². The van der Waals surface area contributed by atoms with Crippen molar-refractivity contribution in [3.8, 4) is 5.75 Å². The molecule has 0 saturated heterocycles. The molecule has 0 saturated carbocycles. The van der Waals surface area contributed by atoms with Gasteiger partial charge < -0.3 is 10.1 Å². The lowest BCUT2D eigenvalue weighted by atomic mass is 10.1. The number of carbonyl (C=O) groups excluding carboxylic acids is 2. The maximum Gasteiger partial charge on any atom is 0.286 e. The molecule has 1 aliphatic heterocycles. The molecule has 0 radical (unpaired) electrons. The average Bonchev–Trinajstić information content (AvgIpc) is 2.94. The summed E-state index contributed by atoms with van der Waals surface area (Å²) in [6.45, 7) is 3.84. The van der Waals surface area contributed by atoms with Crippen LogP contribution >= 0.6 is 27.7 Å². The molecule has 0 aliphatic carbocycles. The van der Waals surface area contributed by atoms with Crippen LogP contribution in [-0.4, -0.2) is 17.0 Å². The van der Waals surface area contributed by atoms with Gasteiger partial charge in [-0.1, -0.05) is 45.8 Å². The van der Waals surface area contributed by atoms with E-state index in [4.69, 9.17) is 4.74 Å². The maximum absolute atomic E-state index is 12.1. The summed E-state index contributed by atoms with van der Waals surface area (Å²) in [7, 11) is 0. The van der Waals surface area contributed by atoms with Gasteiger partial charge in [0.25, 0.3) is 5.91 Å². The van der Waals surface area contributed by atoms with Crippen LogP contribution < -0.4 is 10.1 Å². The zero-order valence-corrected chi connectivity index (χ0v) is 17.2. The predicted molar refractivity (Wildman–Crippen MR) is 111 cm³/mol. The number of aliphatic imine (C=N–C) groups is 1. The van der Waals surface area contributed by atoms with Gasteiger partial charge in [0.05, 0.1) is 4.91 Å². The van der Waals surface area contributed by atoms with Crippen molar-refractivity contribution in [2.75, 3.05) is 0 Å². The van der Waals surface area contributed by atoms with E-state index in [1.807, 2.05) is 49.4 Å². The molecule has 0 fully saturated rings. The van der Waals surface area contributed by atoms with Crippen LogP contribution in [0.15, 0.2) is 56.8 Å². The monoisotopic (exact) mass is 444 g/mol. The number of rotatable bonds is 4. The number of carbonyl (C=O) groups is 2. The summed E-state index contributed by atoms with van der Waals surface area (Å²) in [4.78, 5) is 27.5. The van der Waals surface area contributed by atoms with Crippen molar-refractivity contribution in [2.45, 2.75) is 20.5 Å². The third-order valence-electron chi connectivity index (χ3n) is 3.68. The normalized spacial score (nSPS) is 15.0. The van der Waals surface area contributed by atoms with Crippen LogP contribution in [0.5, 0.6) is 5.75 Å². The van der Waals surface area contributed by atoms with Crippen LogP contribution in [0.2, 0.25) is 0 Å². The molecule has 1 aliphatic rings. The highest BCUT2D eigenvalue weighted by Gasteiger charge is 2.23. The Morgan fingerprint density at radius 1 is 1.26 bits per heavy atom. The Labute approximate surface area is 170 Å². The van der Waals surface area contributed by atoms with Crippen LogP contribution in [-0.2, 0) is 16.2 Å². The number of nitrogens with one attached hydrogen (secondary N) is 1. The van der Waals surface area contributed by atoms with Gasteiger partial charge in [-0.2, -0.15) is 4.99 Å². The lowest BCUT2D eigenvalue weighted by molar-refractivity contribution is -0.117. The van der Waals surface area contributed by atoms with Gasteiger partial charge in [-0.05, 0) is 48.5 Å². The summed E-state index contributed by atoms with van der Waals surface area (Å²) in [6, 6.07) is 13.7. The Morgan fingerprint density at radius 2 is 2.00 bits per heavy atom. The molecule has 0 aromatic heterocycles. The molecular formula is C20H17BrN2O3S. The second-order valence-corrected chi connectivity index (χ2v) is 7.92. The lowest BCUT2D eigenvalue weighted by Gasteiger charge is -2.10. The van der Waals surface area contributed by atoms with Crippen molar-refractivity contribution in [1.29, 1.82) is 0 Å². The van der Waals surface area contributed by atoms with Gasteiger partial charge in [-0.25, -0.2) is 0 Å². The molecule has 0 spiro atoms. The van der Waals surface area contributed by atoms with E-state index in [0.717, 1.165) is 27.4 Å². The highest BCUT2D eigenvalue weighted by Crippen LogP contribution is 2.32. The number of ether oxygens (including phenoxy) is 1. The Hall–Kier alpha value is -2.38. The molecule has 138 valence electrons. The van der Waals surface area contributed by atoms with Gasteiger partial charge in [0.15, 0.2) is 5.17 Å². The van der Waals surface area contributed by atoms with Crippen LogP contribution in [0.4, 0.5) is 0 Å². The van der Waals surface area contributed by atoms with E-state index in [2.05, 4.69) is 26.2 Å². The number of halogens is 1. The summed E-state index contributed by atoms with van der Waals surface area (Å²) in [5.41, 5.74) is 3.01. The molecule has 2 aromatic carbocycles. The minimum atomic E-state index is -0.381. The van der Waals surface area contributed by atoms with Crippen LogP contribution in [0.1, 0.15) is 23.6 Å². The van der Waals surface area contributed by atoms with Crippen molar-refractivity contribution in [2.24, 2.45) is 4.99 Å². The first kappa shape index (κ1) is 19.4. The highest BCUT2D eigenvalue weighted by atomic mass is 79.9. The minimum absolute atomic E-state index is 0.264. The number of amidine groups is 1. The highest BCUT2D eigenvalue weighted by molar-refractivity contribution is 9.10. The number of hydrogen-bond acceptors (Lipinski definition) is 4. The Kier molecular flexibility index (Phi) is 6.13. The first-order valence-electron chi connectivity index (χ1n) is 8.19. The molecule has 0 atom stereocenters. The topological polar surface area (TPSA) is 67.8 Å². The summed E-state index contributed by atoms with van der Waals surface area (Å²) in [5.74, 6) is 0.0146. The summed E-state index contributed by atoms with van der Waals surface area (Å²) >= 11 is 4.58. The second kappa shape index (κ2) is 8.54. The Balaban J connectivity index is 1.79. The number of benzene rings is 2. The average molecular weight is 445 g/mol. The third-order valence-corrected chi connectivity index (χ3v) is 5.07. The molecule has 27 heavy (non-hydrogen) atoms. The van der Waals surface area contributed by atoms with E-state index >= 15 is 0 Å². The van der Waals surface area contributed by atoms with Crippen molar-refractivity contribution < 1.29 is 14.3 Å². The summed E-state index contributed by atoms with van der Waals surface area (Å²) in [5, 5.41) is 2.82. The fraction of sp³-hybridized carbons (Fsp3) is 0.150. The molecule has 5 nitrogen and oxygen atoms in total. The molecule has 1 heterocycles. The molecule has 1 N–H and O–H groups in total. The molecular weight excluding hydrogens is 428 g/mol. The first-order chi connectivity index (χ1) is 12.9. The minimum Gasteiger partial charge on any atom is -0.488 e. The molecule has 0 unspecified atom stereocenters. The van der Waals surface area contributed by atoms with Gasteiger partial charge >= 0.3 is 0 Å². The lowest BCUT2D eigenvalue weighted by Crippen LogP contribution is -2.23. The zero-order valence-electron chi connectivity index (χ0n) is 14.8. The van der Waals surface area contributed by atoms with Crippen LogP contribution in [0.25, 0.3) is 6.08 Å². The van der Waals surface area contributed by atoms with E-state index in [0.29, 0.717) is 17.3 Å². The van der Waals surface area contributed by atoms with Gasteiger partial charge in [0.2, 0.25) is 5.91 Å². The maximum atomic E-state index is 12.1. The number of amides is 2. The van der Waals surface area contributed by atoms with Crippen LogP contribution in [0, 0.1) is 6.92 Å². The van der Waals surface area contributed by atoms with E-state index in [9.17, 15) is 9.59 Å². The number of hydrogen-bond donors (Lipinski definition) is 1. The predicted octanol–water partition coefficient (Wildman–Crippen LogP) is 4.44. The van der Waals surface area contributed by atoms with E-state index in [-0.39, 0.29) is 17.0 Å². The largest absolute Gasteiger partial charge is 0.488 e. The smallest absolute Gasteiger partial charge is 0.286 e. The summed E-state index contributed by atoms with van der Waals surface area (Å²) < 4.78 is 6.83. The van der Waals surface area contributed by atoms with E-state index < -0.39 is 0 Å². The summed E-state index contributed by atoms with van der Waals surface area (Å²) in [6.07, 6.45) is 1.72. The SMILES string of the molecule is CC(=O)NC1=NC(=O)/C(=C\c2cc(Br)ccc2OCc2ccc(C)cc2)S1. The van der Waals surface area contributed by atoms with Crippen molar-refractivity contribution in [3.63, 3.8) is 0 Å². The Morgan fingerprint density at radius 3 is 2.70 bits per heavy atom. The molecule has 2 aromatic rings. The van der Waals surface area contributed by atoms with Gasteiger partial charge in [0.1, 0.15) is 12.4 Å². The number of nitrogens with zero attached hydrogens (tertiary/aromatic N) is 1. The standard InChI is InChI=1S/C20H17BrN2O3S/c1-12-3-5-14(6-4-12)11-26-17-8-7-16(21)9-15(17)10-18-19(25)23-20(27-18)22-13(2)24/h3-10H,11H2,1-2H3,(H,22,23,24,25)/b18-10+. The molecule has 0 bridgehead atoms. The quantitative estimate of drug-likeness (QED) is 0.707.